The molecule has 1 aromatic rings. The first-order valence-electron chi connectivity index (χ1n) is 6.04. The van der Waals surface area contributed by atoms with Gasteiger partial charge in [0.25, 0.3) is 0 Å². The van der Waals surface area contributed by atoms with Gasteiger partial charge in [0.2, 0.25) is 5.91 Å². The number of amides is 1. The average molecular weight is 230 g/mol. The number of aromatic nitrogens is 1. The van der Waals surface area contributed by atoms with Crippen LogP contribution in [0.1, 0.15) is 38.3 Å². The van der Waals surface area contributed by atoms with Gasteiger partial charge in [-0.15, -0.1) is 0 Å². The lowest BCUT2D eigenvalue weighted by atomic mass is 10.1. The lowest BCUT2D eigenvalue weighted by Gasteiger charge is -2.23. The summed E-state index contributed by atoms with van der Waals surface area (Å²) in [7, 11) is 0. The minimum absolute atomic E-state index is 0.129. The molecule has 0 aromatic carbocycles. The maximum Gasteiger partial charge on any atom is 0.246 e. The number of carbonyl (C=O) groups is 1. The first kappa shape index (κ1) is 11.8. The van der Waals surface area contributed by atoms with Crippen LogP contribution in [-0.4, -0.2) is 22.3 Å². The fraction of sp³-hybridized carbons (Fsp3) is 0.429. The molecule has 0 spiro atoms. The Morgan fingerprint density at radius 1 is 1.41 bits per heavy atom. The summed E-state index contributed by atoms with van der Waals surface area (Å²) in [6.45, 7) is 4.76. The van der Waals surface area contributed by atoms with Crippen molar-refractivity contribution >= 4 is 5.91 Å². The molecule has 2 rings (SSSR count). The minimum atomic E-state index is 0.129. The Kier molecular flexibility index (Phi) is 3.57. The van der Waals surface area contributed by atoms with E-state index in [1.54, 1.807) is 18.5 Å². The standard InChI is InChI=1S/C14H18N2O/c1-11(2)10-14(17)16-9-3-4-13(16)12-5-7-15-8-6-12/h5-8,10,13H,3-4,9H2,1-2H3/t13-/m0/s1. The van der Waals surface area contributed by atoms with Crippen LogP contribution in [0.2, 0.25) is 0 Å². The molecule has 3 heteroatoms. The van der Waals surface area contributed by atoms with Crippen molar-refractivity contribution < 1.29 is 4.79 Å². The van der Waals surface area contributed by atoms with Gasteiger partial charge in [0.05, 0.1) is 6.04 Å². The van der Waals surface area contributed by atoms with Gasteiger partial charge >= 0.3 is 0 Å². The minimum Gasteiger partial charge on any atom is -0.332 e. The lowest BCUT2D eigenvalue weighted by Crippen LogP contribution is -2.29. The molecule has 0 saturated carbocycles. The van der Waals surface area contributed by atoms with E-state index < -0.39 is 0 Å². The molecule has 1 fully saturated rings. The zero-order valence-electron chi connectivity index (χ0n) is 10.4. The quantitative estimate of drug-likeness (QED) is 0.732. The molecule has 0 unspecified atom stereocenters. The first-order chi connectivity index (χ1) is 8.18. The van der Waals surface area contributed by atoms with Crippen molar-refractivity contribution in [1.82, 2.24) is 9.88 Å². The van der Waals surface area contributed by atoms with Crippen LogP contribution in [0.3, 0.4) is 0 Å². The fourth-order valence-electron chi connectivity index (χ4n) is 2.29. The Bertz CT molecular complexity index is 421. The molecule has 1 aliphatic heterocycles. The molecule has 1 amide bonds. The Hall–Kier alpha value is -1.64. The second kappa shape index (κ2) is 5.13. The average Bonchev–Trinajstić information content (AvgIpc) is 2.78. The molecular formula is C14H18N2O. The van der Waals surface area contributed by atoms with Crippen molar-refractivity contribution in [2.24, 2.45) is 0 Å². The number of nitrogens with zero attached hydrogens (tertiary/aromatic N) is 2. The van der Waals surface area contributed by atoms with Crippen molar-refractivity contribution in [2.45, 2.75) is 32.7 Å². The highest BCUT2D eigenvalue weighted by Crippen LogP contribution is 2.31. The monoisotopic (exact) mass is 230 g/mol. The van der Waals surface area contributed by atoms with Crippen molar-refractivity contribution in [3.63, 3.8) is 0 Å². The zero-order chi connectivity index (χ0) is 12.3. The largest absolute Gasteiger partial charge is 0.332 e. The van der Waals surface area contributed by atoms with Gasteiger partial charge in [0.1, 0.15) is 0 Å². The van der Waals surface area contributed by atoms with E-state index in [1.807, 2.05) is 30.9 Å². The van der Waals surface area contributed by atoms with Gasteiger partial charge in [-0.1, -0.05) is 5.57 Å². The Labute approximate surface area is 102 Å². The number of rotatable bonds is 2. The Morgan fingerprint density at radius 3 is 2.76 bits per heavy atom. The molecule has 0 radical (unpaired) electrons. The molecule has 90 valence electrons. The van der Waals surface area contributed by atoms with Crippen LogP contribution in [0.4, 0.5) is 0 Å². The molecule has 17 heavy (non-hydrogen) atoms. The third-order valence-corrected chi connectivity index (χ3v) is 3.04. The highest BCUT2D eigenvalue weighted by molar-refractivity contribution is 5.88. The van der Waals surface area contributed by atoms with E-state index >= 15 is 0 Å². The number of hydrogen-bond acceptors (Lipinski definition) is 2. The third kappa shape index (κ3) is 2.73. The van der Waals surface area contributed by atoms with Gasteiger partial charge in [0.15, 0.2) is 0 Å². The van der Waals surface area contributed by atoms with Gasteiger partial charge in [-0.05, 0) is 44.4 Å². The smallest absolute Gasteiger partial charge is 0.246 e. The van der Waals surface area contributed by atoms with E-state index in [2.05, 4.69) is 4.98 Å². The summed E-state index contributed by atoms with van der Waals surface area (Å²) in [6.07, 6.45) is 7.43. The number of pyridine rings is 1. The summed E-state index contributed by atoms with van der Waals surface area (Å²) in [5.41, 5.74) is 2.24. The van der Waals surface area contributed by atoms with Crippen molar-refractivity contribution in [2.75, 3.05) is 6.54 Å². The molecule has 1 aliphatic rings. The van der Waals surface area contributed by atoms with Crippen molar-refractivity contribution in [1.29, 1.82) is 0 Å². The number of hydrogen-bond donors (Lipinski definition) is 0. The fourth-order valence-corrected chi connectivity index (χ4v) is 2.29. The Morgan fingerprint density at radius 2 is 2.12 bits per heavy atom. The normalized spacial score (nSPS) is 19.2. The molecule has 0 bridgehead atoms. The van der Waals surface area contributed by atoms with Crippen LogP contribution in [0.15, 0.2) is 36.2 Å². The lowest BCUT2D eigenvalue weighted by molar-refractivity contribution is -0.126. The molecular weight excluding hydrogens is 212 g/mol. The van der Waals surface area contributed by atoms with Crippen LogP contribution in [0.25, 0.3) is 0 Å². The molecule has 0 N–H and O–H groups in total. The van der Waals surface area contributed by atoms with E-state index in [4.69, 9.17) is 0 Å². The van der Waals surface area contributed by atoms with Crippen LogP contribution in [0, 0.1) is 0 Å². The van der Waals surface area contributed by atoms with E-state index in [-0.39, 0.29) is 11.9 Å². The molecule has 3 nitrogen and oxygen atoms in total. The third-order valence-electron chi connectivity index (χ3n) is 3.04. The second-order valence-electron chi connectivity index (χ2n) is 4.69. The highest BCUT2D eigenvalue weighted by atomic mass is 16.2. The Balaban J connectivity index is 2.18. The number of allylic oxidation sites excluding steroid dienone is 1. The number of carbonyl (C=O) groups excluding carboxylic acids is 1. The molecule has 1 aromatic heterocycles. The number of likely N-dealkylation sites (tertiary alicyclic amines) is 1. The van der Waals surface area contributed by atoms with Gasteiger partial charge in [-0.2, -0.15) is 0 Å². The van der Waals surface area contributed by atoms with E-state index in [9.17, 15) is 4.79 Å². The molecule has 2 heterocycles. The topological polar surface area (TPSA) is 33.2 Å². The molecule has 1 saturated heterocycles. The maximum absolute atomic E-state index is 12.1. The summed E-state index contributed by atoms with van der Waals surface area (Å²) in [5.74, 6) is 0.129. The predicted molar refractivity (Wildman–Crippen MR) is 67.4 cm³/mol. The van der Waals surface area contributed by atoms with E-state index in [0.717, 1.165) is 25.0 Å². The highest BCUT2D eigenvalue weighted by Gasteiger charge is 2.28. The van der Waals surface area contributed by atoms with Crippen molar-refractivity contribution in [3.8, 4) is 0 Å². The van der Waals surface area contributed by atoms with Crippen LogP contribution >= 0.6 is 0 Å². The van der Waals surface area contributed by atoms with Gasteiger partial charge in [-0.25, -0.2) is 0 Å². The van der Waals surface area contributed by atoms with Crippen molar-refractivity contribution in [3.05, 3.63) is 41.7 Å². The van der Waals surface area contributed by atoms with E-state index in [0.29, 0.717) is 0 Å². The van der Waals surface area contributed by atoms with E-state index in [1.165, 1.54) is 5.56 Å². The first-order valence-corrected chi connectivity index (χ1v) is 6.04. The summed E-state index contributed by atoms with van der Waals surface area (Å²) in [4.78, 5) is 18.1. The SMILES string of the molecule is CC(C)=CC(=O)N1CCC[C@H]1c1ccncc1. The summed E-state index contributed by atoms with van der Waals surface area (Å²) in [6, 6.07) is 4.22. The van der Waals surface area contributed by atoms with Gasteiger partial charge in [-0.3, -0.25) is 9.78 Å². The van der Waals surface area contributed by atoms with Crippen LogP contribution in [-0.2, 0) is 4.79 Å². The van der Waals surface area contributed by atoms with Crippen LogP contribution < -0.4 is 0 Å². The van der Waals surface area contributed by atoms with Gasteiger partial charge < -0.3 is 4.90 Å². The van der Waals surface area contributed by atoms with Crippen LogP contribution in [0.5, 0.6) is 0 Å². The summed E-state index contributed by atoms with van der Waals surface area (Å²) >= 11 is 0. The maximum atomic E-state index is 12.1. The molecule has 0 aliphatic carbocycles. The zero-order valence-corrected chi connectivity index (χ0v) is 10.4. The second-order valence-corrected chi connectivity index (χ2v) is 4.69. The van der Waals surface area contributed by atoms with Gasteiger partial charge in [0, 0.05) is 25.0 Å². The predicted octanol–water partition coefficient (Wildman–Crippen LogP) is 2.71. The summed E-state index contributed by atoms with van der Waals surface area (Å²) < 4.78 is 0. The summed E-state index contributed by atoms with van der Waals surface area (Å²) in [5, 5.41) is 0. The molecule has 1 atom stereocenters.